The van der Waals surface area contributed by atoms with Crippen molar-refractivity contribution in [2.24, 2.45) is 10.7 Å². The minimum atomic E-state index is -0.264. The maximum absolute atomic E-state index is 11.9. The van der Waals surface area contributed by atoms with Gasteiger partial charge in [0.25, 0.3) is 0 Å². The molecule has 328 valence electrons. The highest BCUT2D eigenvalue weighted by molar-refractivity contribution is 5.78. The number of carbonyl (C=O) groups is 5. The maximum atomic E-state index is 11.9. The molecule has 0 aromatic heterocycles. The van der Waals surface area contributed by atoms with E-state index in [9.17, 15) is 28.8 Å². The standard InChI is InChI=1S/C19H36N2O5.C9H16N2O3.C8H18N2O2.CO2.H2O/c1-20-16(18(23)25-3)13-9-5-7-11-15(22)12-8-6-10-14-17(21-2)19(24)26-4;1-10-8(9(13)14-2)5-3-4-6-11-7-12;1-10-7(8(11)12-2)5-3-4-6-9;2-1-3;/h16-17,20-21H,5-14H2,1-4H3;8,10H,3-6H2,1-2H3;7,10H,3-6,9H2,1-2H3;;1H2. The predicted molar refractivity (Wildman–Crippen MR) is 209 cm³/mol. The molecule has 56 heavy (non-hydrogen) atoms. The van der Waals surface area contributed by atoms with E-state index in [0.29, 0.717) is 38.1 Å². The number of Topliss-reactive ketones (excluding diaryl/α,β-unsaturated/α-hetero) is 1. The first-order valence-corrected chi connectivity index (χ1v) is 18.7. The molecule has 0 rings (SSSR count). The zero-order valence-corrected chi connectivity index (χ0v) is 35.0. The normalized spacial score (nSPS) is 11.8. The number of carbonyl (C=O) groups excluding carboxylic acids is 8. The fourth-order valence-electron chi connectivity index (χ4n) is 4.99. The number of nitrogens with zero attached hydrogens (tertiary/aromatic N) is 1. The minimum Gasteiger partial charge on any atom is -0.468 e. The van der Waals surface area contributed by atoms with Crippen molar-refractivity contribution in [1.82, 2.24) is 21.3 Å². The first-order valence-electron chi connectivity index (χ1n) is 18.7. The average Bonchev–Trinajstić information content (AvgIpc) is 3.20. The molecule has 19 nitrogen and oxygen atoms in total. The number of ketones is 1. The molecule has 0 aromatic rings. The Hall–Kier alpha value is -3.93. The van der Waals surface area contributed by atoms with Crippen molar-refractivity contribution in [3.63, 3.8) is 0 Å². The van der Waals surface area contributed by atoms with Gasteiger partial charge in [-0.25, -0.2) is 9.79 Å². The second-order valence-electron chi connectivity index (χ2n) is 12.0. The van der Waals surface area contributed by atoms with Gasteiger partial charge in [0.15, 0.2) is 0 Å². The molecule has 0 aromatic carbocycles. The molecule has 0 amide bonds. The number of methoxy groups -OCH3 is 4. The van der Waals surface area contributed by atoms with E-state index in [1.54, 1.807) is 28.2 Å². The lowest BCUT2D eigenvalue weighted by Gasteiger charge is -2.13. The summed E-state index contributed by atoms with van der Waals surface area (Å²) in [5.41, 5.74) is 5.33. The summed E-state index contributed by atoms with van der Waals surface area (Å²) in [5.74, 6) is -0.644. The van der Waals surface area contributed by atoms with Crippen LogP contribution in [0.4, 0.5) is 0 Å². The summed E-state index contributed by atoms with van der Waals surface area (Å²) in [5, 5.41) is 11.6. The molecule has 0 heterocycles. The van der Waals surface area contributed by atoms with Gasteiger partial charge in [0.1, 0.15) is 30.0 Å². The fourth-order valence-corrected chi connectivity index (χ4v) is 4.99. The Labute approximate surface area is 333 Å². The van der Waals surface area contributed by atoms with Crippen LogP contribution in [0.1, 0.15) is 103 Å². The van der Waals surface area contributed by atoms with E-state index < -0.39 is 0 Å². The van der Waals surface area contributed by atoms with Crippen molar-refractivity contribution in [2.45, 2.75) is 127 Å². The number of esters is 4. The number of nitrogens with one attached hydrogen (secondary N) is 4. The van der Waals surface area contributed by atoms with Gasteiger partial charge in [0.05, 0.1) is 35.0 Å². The Bertz CT molecular complexity index is 1040. The summed E-state index contributed by atoms with van der Waals surface area (Å²) in [4.78, 5) is 86.3. The van der Waals surface area contributed by atoms with E-state index in [-0.39, 0.29) is 59.7 Å². The molecule has 0 saturated heterocycles. The Balaban J connectivity index is -0.000000243. The van der Waals surface area contributed by atoms with Crippen molar-refractivity contribution in [3.8, 4) is 0 Å². The van der Waals surface area contributed by atoms with E-state index in [2.05, 4.69) is 35.7 Å². The molecule has 8 N–H and O–H groups in total. The maximum Gasteiger partial charge on any atom is 0.373 e. The fraction of sp³-hybridized carbons (Fsp3) is 0.811. The van der Waals surface area contributed by atoms with Gasteiger partial charge in [-0.1, -0.05) is 32.1 Å². The molecule has 0 radical (unpaired) electrons. The predicted octanol–water partition coefficient (Wildman–Crippen LogP) is 0.700. The number of hydrogen-bond acceptors (Lipinski definition) is 18. The molecule has 0 aliphatic rings. The van der Waals surface area contributed by atoms with Gasteiger partial charge in [-0.05, 0) is 92.5 Å². The van der Waals surface area contributed by atoms with Crippen molar-refractivity contribution in [2.75, 3.05) is 69.7 Å². The zero-order valence-electron chi connectivity index (χ0n) is 35.0. The second-order valence-corrected chi connectivity index (χ2v) is 12.0. The number of ether oxygens (including phenoxy) is 4. The van der Waals surface area contributed by atoms with Crippen molar-refractivity contribution in [1.29, 1.82) is 0 Å². The van der Waals surface area contributed by atoms with Crippen molar-refractivity contribution < 1.29 is 62.8 Å². The van der Waals surface area contributed by atoms with Gasteiger partial charge in [-0.2, -0.15) is 9.59 Å². The van der Waals surface area contributed by atoms with E-state index in [1.165, 1.54) is 34.5 Å². The van der Waals surface area contributed by atoms with Gasteiger partial charge < -0.3 is 51.4 Å². The smallest absolute Gasteiger partial charge is 0.373 e. The summed E-state index contributed by atoms with van der Waals surface area (Å²) < 4.78 is 18.6. The average molecular weight is 809 g/mol. The molecule has 0 aliphatic carbocycles. The molecule has 0 spiro atoms. The van der Waals surface area contributed by atoms with Crippen LogP contribution >= 0.6 is 0 Å². The third kappa shape index (κ3) is 38.3. The molecule has 0 fully saturated rings. The van der Waals surface area contributed by atoms with Gasteiger partial charge in [0.2, 0.25) is 6.08 Å². The molecular formula is C37H72N6O13. The molecule has 0 bridgehead atoms. The Morgan fingerprint density at radius 1 is 0.518 bits per heavy atom. The number of likely N-dealkylation sites (N-methyl/N-ethyl adjacent to an activating group) is 4. The Morgan fingerprint density at radius 2 is 0.804 bits per heavy atom. The van der Waals surface area contributed by atoms with Crippen molar-refractivity contribution in [3.05, 3.63) is 0 Å². The highest BCUT2D eigenvalue weighted by Crippen LogP contribution is 2.12. The monoisotopic (exact) mass is 809 g/mol. The largest absolute Gasteiger partial charge is 0.468 e. The summed E-state index contributed by atoms with van der Waals surface area (Å²) in [7, 11) is 12.5. The first kappa shape index (κ1) is 61.3. The van der Waals surface area contributed by atoms with E-state index in [0.717, 1.165) is 83.5 Å². The van der Waals surface area contributed by atoms with Crippen LogP contribution in [-0.2, 0) is 57.3 Å². The number of isocyanates is 1. The highest BCUT2D eigenvalue weighted by atomic mass is 16.5. The van der Waals surface area contributed by atoms with Crippen LogP contribution in [0.3, 0.4) is 0 Å². The zero-order chi connectivity index (χ0) is 42.7. The summed E-state index contributed by atoms with van der Waals surface area (Å²) in [6, 6.07) is -0.967. The minimum absolute atomic E-state index is 0. The van der Waals surface area contributed by atoms with Crippen LogP contribution in [0, 0.1) is 0 Å². The van der Waals surface area contributed by atoms with Crippen molar-refractivity contribution >= 4 is 41.9 Å². The lowest BCUT2D eigenvalue weighted by molar-refractivity contribution is -0.191. The van der Waals surface area contributed by atoms with Gasteiger partial charge in [-0.15, -0.1) is 0 Å². The first-order chi connectivity index (χ1) is 26.4. The molecule has 4 unspecified atom stereocenters. The number of aliphatic imine (C=N–C) groups is 1. The Morgan fingerprint density at radius 3 is 1.05 bits per heavy atom. The van der Waals surface area contributed by atoms with Crippen LogP contribution in [0.5, 0.6) is 0 Å². The molecular weight excluding hydrogens is 736 g/mol. The Kier molecular flexibility index (Phi) is 51.7. The molecule has 0 aliphatic heterocycles. The van der Waals surface area contributed by atoms with E-state index in [4.69, 9.17) is 24.8 Å². The number of unbranched alkanes of at least 4 members (excludes halogenated alkanes) is 6. The second kappa shape index (κ2) is 47.2. The topological polar surface area (TPSA) is 291 Å². The highest BCUT2D eigenvalue weighted by Gasteiger charge is 2.18. The SMILES string of the molecule is CNC(CCCCCC(=O)CCCCCC(NC)C(=O)OC)C(=O)OC.CNC(CCCCN)C(=O)OC.CNC(CCCCN=C=O)C(=O)OC.O.O=C=O. The summed E-state index contributed by atoms with van der Waals surface area (Å²) >= 11 is 0. The number of hydrogen-bond donors (Lipinski definition) is 5. The third-order valence-electron chi connectivity index (χ3n) is 8.26. The van der Waals surface area contributed by atoms with Gasteiger partial charge in [0, 0.05) is 12.8 Å². The van der Waals surface area contributed by atoms with Crippen LogP contribution in [0.2, 0.25) is 0 Å². The van der Waals surface area contributed by atoms with E-state index in [1.807, 2.05) is 0 Å². The van der Waals surface area contributed by atoms with Gasteiger partial charge >= 0.3 is 30.0 Å². The molecule has 4 atom stereocenters. The van der Waals surface area contributed by atoms with Crippen LogP contribution in [-0.4, -0.2) is 141 Å². The van der Waals surface area contributed by atoms with E-state index >= 15 is 0 Å². The summed E-state index contributed by atoms with van der Waals surface area (Å²) in [6.45, 7) is 1.15. The number of nitrogens with two attached hydrogens (primary N) is 1. The quantitative estimate of drug-likeness (QED) is 0.0228. The molecule has 0 saturated carbocycles. The van der Waals surface area contributed by atoms with Gasteiger partial charge in [-0.3, -0.25) is 24.0 Å². The van der Waals surface area contributed by atoms with Crippen LogP contribution in [0.15, 0.2) is 4.99 Å². The summed E-state index contributed by atoms with van der Waals surface area (Å²) in [6.07, 6.45) is 14.8. The number of rotatable bonds is 29. The van der Waals surface area contributed by atoms with Crippen LogP contribution < -0.4 is 27.0 Å². The third-order valence-corrected chi connectivity index (χ3v) is 8.26. The lowest BCUT2D eigenvalue weighted by atomic mass is 10.0. The lowest BCUT2D eigenvalue weighted by Crippen LogP contribution is -2.34. The van der Waals surface area contributed by atoms with Crippen LogP contribution in [0.25, 0.3) is 0 Å². The molecule has 19 heteroatoms.